The number of nitrogens with zero attached hydrogens (tertiary/aromatic N) is 7. The van der Waals surface area contributed by atoms with E-state index in [4.69, 9.17) is 15.0 Å². The molecule has 0 radical (unpaired) electrons. The molecule has 0 unspecified atom stereocenters. The summed E-state index contributed by atoms with van der Waals surface area (Å²) in [5.41, 5.74) is 0.269. The second-order valence-electron chi connectivity index (χ2n) is 11.9. The third kappa shape index (κ3) is 4.58. The molecule has 0 spiro atoms. The number of hydrogen-bond acceptors (Lipinski definition) is 5. The van der Waals surface area contributed by atoms with Crippen molar-refractivity contribution in [3.8, 4) is 11.6 Å². The van der Waals surface area contributed by atoms with Crippen LogP contribution in [-0.4, -0.2) is 43.2 Å². The number of aryl methyl sites for hydroxylation is 1. The van der Waals surface area contributed by atoms with E-state index in [1.54, 1.807) is 10.6 Å². The van der Waals surface area contributed by atoms with E-state index in [0.717, 1.165) is 4.57 Å². The fraction of sp³-hybridized carbons (Fsp3) is 0.448. The number of halogens is 3. The van der Waals surface area contributed by atoms with Gasteiger partial charge in [0.25, 0.3) is 0 Å². The Hall–Kier alpha value is -3.00. The summed E-state index contributed by atoms with van der Waals surface area (Å²) in [4.78, 5) is 20.5. The maximum absolute atomic E-state index is 14.4. The zero-order valence-electron chi connectivity index (χ0n) is 24.0. The molecule has 8 bridgehead atoms. The molecule has 4 aromatic rings. The van der Waals surface area contributed by atoms with Crippen LogP contribution < -0.4 is 4.90 Å². The van der Waals surface area contributed by atoms with Gasteiger partial charge >= 0.3 is 27.2 Å². The Morgan fingerprint density at radius 1 is 0.775 bits per heavy atom. The number of rotatable bonds is 1. The van der Waals surface area contributed by atoms with Crippen LogP contribution in [0, 0.1) is 19.3 Å². The van der Waals surface area contributed by atoms with E-state index in [1.165, 1.54) is 0 Å². The third-order valence-corrected chi connectivity index (χ3v) is 8.25. The van der Waals surface area contributed by atoms with Crippen molar-refractivity contribution < 1.29 is 34.2 Å². The first-order chi connectivity index (χ1) is 17.9. The molecule has 0 atom stereocenters. The van der Waals surface area contributed by atoms with Gasteiger partial charge in [-0.05, 0) is 37.4 Å². The number of fused-ring (bicyclic) bond motifs is 10. The zero-order chi connectivity index (χ0) is 28.7. The van der Waals surface area contributed by atoms with E-state index in [0.29, 0.717) is 34.4 Å². The van der Waals surface area contributed by atoms with Gasteiger partial charge in [-0.1, -0.05) is 65.2 Å². The van der Waals surface area contributed by atoms with Gasteiger partial charge in [-0.15, -0.1) is 0 Å². The van der Waals surface area contributed by atoms with Gasteiger partial charge in [-0.25, -0.2) is 0 Å². The fourth-order valence-corrected chi connectivity index (χ4v) is 4.72. The number of aromatic nitrogens is 6. The van der Waals surface area contributed by atoms with Gasteiger partial charge in [0.15, 0.2) is 0 Å². The second-order valence-corrected chi connectivity index (χ2v) is 11.9. The van der Waals surface area contributed by atoms with Gasteiger partial charge in [0.2, 0.25) is 0 Å². The number of anilines is 1. The predicted octanol–water partition coefficient (Wildman–Crippen LogP) is 5.73. The Balaban J connectivity index is 0.00000370. The summed E-state index contributed by atoms with van der Waals surface area (Å²) in [6, 6.07) is 9.20. The summed E-state index contributed by atoms with van der Waals surface area (Å²) < 4.78 is 46.1. The smallest absolute Gasteiger partial charge is 0.450 e. The molecule has 0 aromatic carbocycles. The maximum Gasteiger partial charge on any atom is 2.00 e. The monoisotopic (exact) mass is 730 g/mol. The van der Waals surface area contributed by atoms with Crippen molar-refractivity contribution in [1.82, 2.24) is 29.1 Å². The van der Waals surface area contributed by atoms with Crippen molar-refractivity contribution in [3.63, 3.8) is 0 Å². The molecule has 7 nitrogen and oxygen atoms in total. The van der Waals surface area contributed by atoms with Crippen molar-refractivity contribution in [3.05, 3.63) is 77.2 Å². The number of imidazole rings is 2. The quantitative estimate of drug-likeness (QED) is 0.234. The first kappa shape index (κ1) is 30.0. The van der Waals surface area contributed by atoms with Crippen LogP contribution in [0.1, 0.15) is 76.0 Å². The molecule has 0 aliphatic carbocycles. The van der Waals surface area contributed by atoms with E-state index in [-0.39, 0.29) is 32.6 Å². The fourth-order valence-electron chi connectivity index (χ4n) is 4.72. The van der Waals surface area contributed by atoms with Gasteiger partial charge in [-0.3, -0.25) is 9.97 Å². The van der Waals surface area contributed by atoms with Gasteiger partial charge in [0.05, 0.1) is 0 Å². The van der Waals surface area contributed by atoms with E-state index >= 15 is 0 Å². The van der Waals surface area contributed by atoms with Crippen molar-refractivity contribution in [1.29, 1.82) is 0 Å². The van der Waals surface area contributed by atoms with Crippen molar-refractivity contribution in [2.75, 3.05) is 19.0 Å². The molecule has 0 saturated carbocycles. The number of alkyl halides is 3. The van der Waals surface area contributed by atoms with Gasteiger partial charge in [-0.2, -0.15) is 13.2 Å². The maximum atomic E-state index is 14.4. The standard InChI is InChI=1S/C29H32F3N7.Pt/c1-17-33-21-15-38(17)23-12-10-11-19(34-23)26(2,3)20-13-18(37(8)9)14-24(35-20)39-16-22(28(6,7)27(21,4)5)36-25(39)29(30,31)32;/h10-14H,1-9H3;/q-2;+2. The summed E-state index contributed by atoms with van der Waals surface area (Å²) in [7, 11) is 3.68. The van der Waals surface area contributed by atoms with Crippen molar-refractivity contribution in [2.24, 2.45) is 0 Å². The summed E-state index contributed by atoms with van der Waals surface area (Å²) in [5, 5.41) is 0. The topological polar surface area (TPSA) is 64.7 Å². The summed E-state index contributed by atoms with van der Waals surface area (Å²) in [6.07, 6.45) is 1.60. The van der Waals surface area contributed by atoms with Crippen molar-refractivity contribution in [2.45, 2.75) is 70.9 Å². The molecular formula is C29H32F3N7Pt. The third-order valence-electron chi connectivity index (χ3n) is 8.25. The summed E-state index contributed by atoms with van der Waals surface area (Å²) >= 11 is 0. The van der Waals surface area contributed by atoms with Crippen molar-refractivity contribution >= 4 is 5.69 Å². The molecule has 214 valence electrons. The zero-order valence-corrected chi connectivity index (χ0v) is 26.2. The first-order valence-corrected chi connectivity index (χ1v) is 12.7. The Morgan fingerprint density at radius 2 is 1.35 bits per heavy atom. The van der Waals surface area contributed by atoms with E-state index < -0.39 is 28.2 Å². The molecule has 11 heteroatoms. The SMILES string of the molecule is Cc1nc2[c-]n1-c1cccc(n1)C(C)(C)c1cc(N(C)C)cc(n1)-n1[c-]c(nc1C(F)(F)F)C(C)(C)C2(C)C.[Pt+2]. The minimum atomic E-state index is -4.73. The minimum Gasteiger partial charge on any atom is -0.450 e. The van der Waals surface area contributed by atoms with Crippen LogP contribution in [0.5, 0.6) is 0 Å². The molecular weight excluding hydrogens is 698 g/mol. The Kier molecular flexibility index (Phi) is 7.14. The molecule has 5 heterocycles. The molecule has 5 rings (SSSR count). The molecule has 0 amide bonds. The molecule has 4 aromatic heterocycles. The van der Waals surface area contributed by atoms with Crippen LogP contribution in [0.2, 0.25) is 0 Å². The van der Waals surface area contributed by atoms with Crippen LogP contribution in [0.4, 0.5) is 18.9 Å². The Labute approximate surface area is 247 Å². The molecule has 0 N–H and O–H groups in total. The number of hydrogen-bond donors (Lipinski definition) is 0. The Morgan fingerprint density at radius 3 is 1.95 bits per heavy atom. The summed E-state index contributed by atoms with van der Waals surface area (Å²) in [6.45, 7) is 13.4. The predicted molar refractivity (Wildman–Crippen MR) is 143 cm³/mol. The summed E-state index contributed by atoms with van der Waals surface area (Å²) in [5.74, 6) is 0.327. The minimum absolute atomic E-state index is 0. The molecule has 0 saturated heterocycles. The average Bonchev–Trinajstić information content (AvgIpc) is 3.48. The average molecular weight is 731 g/mol. The van der Waals surface area contributed by atoms with E-state index in [9.17, 15) is 13.2 Å². The van der Waals surface area contributed by atoms with Gasteiger partial charge in [0.1, 0.15) is 5.82 Å². The van der Waals surface area contributed by atoms with Crippen LogP contribution in [0.25, 0.3) is 11.6 Å². The van der Waals surface area contributed by atoms with Crippen LogP contribution in [-0.2, 0) is 43.5 Å². The normalized spacial score (nSPS) is 16.9. The largest absolute Gasteiger partial charge is 2.00 e. The van der Waals surface area contributed by atoms with Crippen LogP contribution in [0.15, 0.2) is 30.3 Å². The first-order valence-electron chi connectivity index (χ1n) is 12.7. The molecule has 1 aliphatic heterocycles. The number of pyridine rings is 2. The van der Waals surface area contributed by atoms with Crippen LogP contribution >= 0.6 is 0 Å². The van der Waals surface area contributed by atoms with Crippen LogP contribution in [0.3, 0.4) is 0 Å². The van der Waals surface area contributed by atoms with Gasteiger partial charge < -0.3 is 24.0 Å². The second kappa shape index (κ2) is 9.54. The van der Waals surface area contributed by atoms with E-state index in [1.807, 2.05) is 91.7 Å². The molecule has 0 fully saturated rings. The Bertz CT molecular complexity index is 1580. The van der Waals surface area contributed by atoms with E-state index in [2.05, 4.69) is 17.4 Å². The molecule has 40 heavy (non-hydrogen) atoms. The molecule has 1 aliphatic rings. The van der Waals surface area contributed by atoms with Gasteiger partial charge in [0, 0.05) is 64.9 Å².